The van der Waals surface area contributed by atoms with E-state index in [2.05, 4.69) is 0 Å². The molecule has 1 aromatic carbocycles. The minimum Gasteiger partial charge on any atom is -0.480 e. The standard InChI is InChI=1S/C27H25N3O12S4/c1-2-14(4-5-20-28(6-3-7-46(37,38)39)15-9-16-17(41-13-40-16)10-19(15)44-20)8-18-24(35)29(11-21(31)32)26(42-18)23-25(36)30(12-22(33)34)27(43)45-23/h4-5,8-10H,2-3,6-7,11-13H2,1H3,(H,31,32)(H,33,34)(H,37,38,39). The number of carboxylic acid groups (broad SMARTS) is 2. The maximum atomic E-state index is 13.3. The maximum Gasteiger partial charge on any atom is 0.323 e. The third-order valence-corrected chi connectivity index (χ3v) is 10.0. The molecule has 4 heterocycles. The molecule has 0 radical (unpaired) electrons. The summed E-state index contributed by atoms with van der Waals surface area (Å²) < 4.78 is 49.3. The van der Waals surface area contributed by atoms with Gasteiger partial charge in [0.2, 0.25) is 12.3 Å². The van der Waals surface area contributed by atoms with Crippen LogP contribution in [0.2, 0.25) is 0 Å². The average Bonchev–Trinajstić information content (AvgIpc) is 3.71. The van der Waals surface area contributed by atoms with Crippen LogP contribution in [0.3, 0.4) is 0 Å². The first-order chi connectivity index (χ1) is 21.8. The number of ether oxygens (including phenoxy) is 2. The highest BCUT2D eigenvalue weighted by molar-refractivity contribution is 8.30. The number of carbonyl (C=O) groups is 3. The summed E-state index contributed by atoms with van der Waals surface area (Å²) in [6.07, 6.45) is 5.40. The number of amides is 1. The van der Waals surface area contributed by atoms with Gasteiger partial charge in [-0.05, 0) is 42.3 Å². The number of rotatable bonds is 11. The molecule has 15 nitrogen and oxygen atoms in total. The van der Waals surface area contributed by atoms with Gasteiger partial charge in [-0.25, -0.2) is 0 Å². The Kier molecular flexibility index (Phi) is 9.68. The zero-order chi connectivity index (χ0) is 33.3. The molecule has 1 aromatic heterocycles. The largest absolute Gasteiger partial charge is 0.480 e. The predicted molar refractivity (Wildman–Crippen MR) is 171 cm³/mol. The van der Waals surface area contributed by atoms with E-state index in [1.165, 1.54) is 17.8 Å². The number of benzene rings is 1. The van der Waals surface area contributed by atoms with Crippen LogP contribution < -0.4 is 30.9 Å². The van der Waals surface area contributed by atoms with E-state index in [-0.39, 0.29) is 39.9 Å². The van der Waals surface area contributed by atoms with E-state index in [1.807, 2.05) is 17.9 Å². The van der Waals surface area contributed by atoms with Gasteiger partial charge < -0.3 is 29.0 Å². The van der Waals surface area contributed by atoms with Crippen molar-refractivity contribution in [2.45, 2.75) is 31.2 Å². The highest BCUT2D eigenvalue weighted by atomic mass is 32.2. The molecule has 0 aliphatic carbocycles. The van der Waals surface area contributed by atoms with Crippen molar-refractivity contribution in [1.82, 2.24) is 9.47 Å². The fraction of sp³-hybridized carbons (Fsp3) is 0.296. The molecular formula is C27H25N3O12S4. The van der Waals surface area contributed by atoms with Crippen molar-refractivity contribution in [3.05, 3.63) is 56.2 Å². The first-order valence-corrected chi connectivity index (χ1v) is 17.1. The topological polar surface area (TPSA) is 206 Å². The van der Waals surface area contributed by atoms with Crippen LogP contribution in [-0.4, -0.2) is 80.5 Å². The summed E-state index contributed by atoms with van der Waals surface area (Å²) in [6.45, 7) is 0.597. The lowest BCUT2D eigenvalue weighted by molar-refractivity contribution is -0.140. The summed E-state index contributed by atoms with van der Waals surface area (Å²) in [6, 6.07) is 3.60. The molecule has 3 N–H and O–H groups in total. The lowest BCUT2D eigenvalue weighted by atomic mass is 10.2. The summed E-state index contributed by atoms with van der Waals surface area (Å²) in [7, 11) is -4.17. The van der Waals surface area contributed by atoms with Crippen LogP contribution in [0.4, 0.5) is 5.69 Å². The number of thiocarbonyl (C=S) groups is 1. The summed E-state index contributed by atoms with van der Waals surface area (Å²) in [5.41, 5.74) is -0.109. The first kappa shape index (κ1) is 33.3. The van der Waals surface area contributed by atoms with E-state index in [0.717, 1.165) is 20.0 Å². The highest BCUT2D eigenvalue weighted by Gasteiger charge is 2.36. The first-order valence-electron chi connectivity index (χ1n) is 13.4. The van der Waals surface area contributed by atoms with Gasteiger partial charge in [-0.1, -0.05) is 37.0 Å². The van der Waals surface area contributed by atoms with Crippen molar-refractivity contribution in [2.24, 2.45) is 0 Å². The fourth-order valence-corrected chi connectivity index (χ4v) is 7.49. The van der Waals surface area contributed by atoms with Crippen molar-refractivity contribution >= 4 is 84.7 Å². The van der Waals surface area contributed by atoms with Gasteiger partial charge >= 0.3 is 11.9 Å². The summed E-state index contributed by atoms with van der Waals surface area (Å²) in [5.74, 6) is -2.85. The maximum absolute atomic E-state index is 13.3. The highest BCUT2D eigenvalue weighted by Crippen LogP contribution is 2.51. The van der Waals surface area contributed by atoms with Gasteiger partial charge in [0, 0.05) is 23.6 Å². The van der Waals surface area contributed by atoms with Crippen LogP contribution in [0, 0.1) is 0 Å². The summed E-state index contributed by atoms with van der Waals surface area (Å²) in [4.78, 5) is 52.3. The summed E-state index contributed by atoms with van der Waals surface area (Å²) in [5, 5.41) is 19.3. The van der Waals surface area contributed by atoms with Gasteiger partial charge in [0.05, 0.1) is 16.5 Å². The van der Waals surface area contributed by atoms with Crippen LogP contribution in [0.25, 0.3) is 11.0 Å². The smallest absolute Gasteiger partial charge is 0.323 e. The predicted octanol–water partition coefficient (Wildman–Crippen LogP) is 1.16. The molecule has 3 aliphatic rings. The Morgan fingerprint density at radius 3 is 2.41 bits per heavy atom. The molecule has 46 heavy (non-hydrogen) atoms. The number of carbonyl (C=O) groups excluding carboxylic acids is 1. The van der Waals surface area contributed by atoms with Crippen molar-refractivity contribution in [3.63, 3.8) is 0 Å². The minimum atomic E-state index is -4.17. The third kappa shape index (κ3) is 7.17. The van der Waals surface area contributed by atoms with Crippen LogP contribution in [0.5, 0.6) is 11.5 Å². The van der Waals surface area contributed by atoms with E-state index in [9.17, 15) is 37.3 Å². The third-order valence-electron chi connectivity index (χ3n) is 6.71. The SMILES string of the molecule is CCC(=CC=C1Sc2cc3c(cc2N1CCCS(=O)(=O)O)OCO3)C=c1oc(=C2SC(=S)N(CC(=O)O)C2=O)n(CC(=O)O)c1=O. The average molecular weight is 712 g/mol. The molecule has 19 heteroatoms. The molecule has 0 bridgehead atoms. The van der Waals surface area contributed by atoms with Gasteiger partial charge in [0.1, 0.15) is 22.3 Å². The molecule has 1 amide bonds. The monoisotopic (exact) mass is 711 g/mol. The molecule has 0 atom stereocenters. The lowest BCUT2D eigenvalue weighted by Crippen LogP contribution is -2.36. The molecular weight excluding hydrogens is 687 g/mol. The molecule has 0 unspecified atom stereocenters. The van der Waals surface area contributed by atoms with E-state index >= 15 is 0 Å². The van der Waals surface area contributed by atoms with E-state index < -0.39 is 52.4 Å². The molecule has 244 valence electrons. The minimum absolute atomic E-state index is 0.0782. The number of allylic oxidation sites excluding steroid dienone is 3. The number of anilines is 1. The number of hydrogen-bond acceptors (Lipinski definition) is 13. The van der Waals surface area contributed by atoms with E-state index in [0.29, 0.717) is 40.3 Å². The van der Waals surface area contributed by atoms with Crippen molar-refractivity contribution in [2.75, 3.05) is 30.5 Å². The zero-order valence-corrected chi connectivity index (χ0v) is 27.1. The van der Waals surface area contributed by atoms with Crippen molar-refractivity contribution in [1.29, 1.82) is 0 Å². The van der Waals surface area contributed by atoms with Gasteiger partial charge in [0.15, 0.2) is 16.9 Å². The van der Waals surface area contributed by atoms with Crippen molar-refractivity contribution in [3.8, 4) is 11.5 Å². The number of aromatic nitrogens is 1. The molecule has 2 aromatic rings. The molecule has 3 aliphatic heterocycles. The normalized spacial score (nSPS) is 18.7. The Balaban J connectivity index is 1.54. The second kappa shape index (κ2) is 13.4. The number of oxazole rings is 1. The molecule has 0 saturated carbocycles. The van der Waals surface area contributed by atoms with Crippen LogP contribution in [0.1, 0.15) is 19.8 Å². The molecule has 0 spiro atoms. The Labute approximate surface area is 274 Å². The lowest BCUT2D eigenvalue weighted by Gasteiger charge is -2.20. The van der Waals surface area contributed by atoms with Crippen LogP contribution in [0.15, 0.2) is 49.0 Å². The molecule has 5 rings (SSSR count). The van der Waals surface area contributed by atoms with Crippen LogP contribution >= 0.6 is 35.7 Å². The van der Waals surface area contributed by atoms with Gasteiger partial charge in [-0.3, -0.25) is 33.2 Å². The number of nitrogens with zero attached hydrogens (tertiary/aromatic N) is 3. The fourth-order valence-electron chi connectivity index (χ4n) is 4.63. The number of aliphatic carboxylic acids is 2. The van der Waals surface area contributed by atoms with E-state index in [1.54, 1.807) is 18.2 Å². The molecule has 1 fully saturated rings. The number of hydrogen-bond donors (Lipinski definition) is 3. The second-order valence-electron chi connectivity index (χ2n) is 9.85. The van der Waals surface area contributed by atoms with Crippen LogP contribution in [-0.2, 0) is 31.0 Å². The Bertz CT molecular complexity index is 2010. The number of carboxylic acids is 2. The zero-order valence-electron chi connectivity index (χ0n) is 23.8. The Morgan fingerprint density at radius 1 is 1.07 bits per heavy atom. The second-order valence-corrected chi connectivity index (χ2v) is 14.1. The number of fused-ring (bicyclic) bond motifs is 2. The van der Waals surface area contributed by atoms with Gasteiger partial charge in [-0.15, -0.1) is 0 Å². The molecule has 1 saturated heterocycles. The van der Waals surface area contributed by atoms with Gasteiger partial charge in [0.25, 0.3) is 21.6 Å². The van der Waals surface area contributed by atoms with E-state index in [4.69, 9.17) is 31.2 Å². The Hall–Kier alpha value is -4.04. The number of thioether (sulfide) groups is 2. The van der Waals surface area contributed by atoms with Gasteiger partial charge in [-0.2, -0.15) is 8.42 Å². The van der Waals surface area contributed by atoms with Crippen molar-refractivity contribution < 1.29 is 51.5 Å². The summed E-state index contributed by atoms with van der Waals surface area (Å²) >= 11 is 7.21. The Morgan fingerprint density at radius 2 is 1.76 bits per heavy atom. The quantitative estimate of drug-likeness (QED) is 0.221.